The Balaban J connectivity index is 1.52. The number of carbonyl (C=O) groups is 1. The molecule has 138 valence electrons. The zero-order valence-corrected chi connectivity index (χ0v) is 16.7. The van der Waals surface area contributed by atoms with Crippen molar-refractivity contribution in [2.45, 2.75) is 57.4 Å². The molecule has 2 aliphatic carbocycles. The van der Waals surface area contributed by atoms with Crippen LogP contribution in [0.3, 0.4) is 0 Å². The Kier molecular flexibility index (Phi) is 4.30. The lowest BCUT2D eigenvalue weighted by molar-refractivity contribution is 0.101. The summed E-state index contributed by atoms with van der Waals surface area (Å²) < 4.78 is 3.41. The van der Waals surface area contributed by atoms with Gasteiger partial charge in [-0.25, -0.2) is 0 Å². The van der Waals surface area contributed by atoms with Crippen molar-refractivity contribution in [2.75, 3.05) is 5.32 Å². The van der Waals surface area contributed by atoms with E-state index in [1.807, 2.05) is 6.07 Å². The number of aromatic nitrogens is 1. The molecule has 3 heterocycles. The van der Waals surface area contributed by atoms with Crippen molar-refractivity contribution >= 4 is 43.8 Å². The molecule has 3 aromatic heterocycles. The van der Waals surface area contributed by atoms with Gasteiger partial charge in [0.25, 0.3) is 5.91 Å². The van der Waals surface area contributed by atoms with Crippen LogP contribution >= 0.6 is 22.7 Å². The second kappa shape index (κ2) is 6.81. The molecule has 5 rings (SSSR count). The normalized spacial score (nSPS) is 17.1. The van der Waals surface area contributed by atoms with Gasteiger partial charge in [-0.05, 0) is 61.6 Å². The lowest BCUT2D eigenvalue weighted by Gasteiger charge is -2.17. The van der Waals surface area contributed by atoms with Gasteiger partial charge in [0, 0.05) is 10.9 Å². The van der Waals surface area contributed by atoms with Gasteiger partial charge in [-0.1, -0.05) is 12.8 Å². The summed E-state index contributed by atoms with van der Waals surface area (Å²) in [4.78, 5) is 14.5. The van der Waals surface area contributed by atoms with Crippen LogP contribution in [-0.2, 0) is 12.8 Å². The first-order chi connectivity index (χ1) is 13.3. The van der Waals surface area contributed by atoms with Crippen LogP contribution in [0.4, 0.5) is 5.00 Å². The van der Waals surface area contributed by atoms with Gasteiger partial charge in [-0.3, -0.25) is 4.79 Å². The van der Waals surface area contributed by atoms with Crippen LogP contribution in [0.25, 0.3) is 10.2 Å². The maximum Gasteiger partial charge on any atom is 0.272 e. The molecule has 0 unspecified atom stereocenters. The van der Waals surface area contributed by atoms with Crippen LogP contribution in [0.5, 0.6) is 0 Å². The number of anilines is 1. The number of nitriles is 1. The van der Waals surface area contributed by atoms with Crippen molar-refractivity contribution < 1.29 is 4.79 Å². The zero-order chi connectivity index (χ0) is 18.4. The lowest BCUT2D eigenvalue weighted by atomic mass is 9.96. The molecule has 0 spiro atoms. The molecule has 0 saturated heterocycles. The first-order valence-corrected chi connectivity index (χ1v) is 11.4. The Morgan fingerprint density at radius 2 is 2.04 bits per heavy atom. The molecule has 0 bridgehead atoms. The van der Waals surface area contributed by atoms with Gasteiger partial charge in [0.05, 0.1) is 15.8 Å². The highest BCUT2D eigenvalue weighted by molar-refractivity contribution is 7.17. The van der Waals surface area contributed by atoms with Gasteiger partial charge in [-0.2, -0.15) is 5.26 Å². The summed E-state index contributed by atoms with van der Waals surface area (Å²) in [5, 5.41) is 15.6. The second-order valence-electron chi connectivity index (χ2n) is 7.49. The fourth-order valence-corrected chi connectivity index (χ4v) is 6.66. The highest BCUT2D eigenvalue weighted by Crippen LogP contribution is 2.39. The highest BCUT2D eigenvalue weighted by atomic mass is 32.1. The van der Waals surface area contributed by atoms with E-state index in [0.29, 0.717) is 11.6 Å². The number of rotatable bonds is 3. The number of thiophene rings is 2. The fraction of sp³-hybridized carbons (Fsp3) is 0.429. The average molecular weight is 396 g/mol. The van der Waals surface area contributed by atoms with Crippen LogP contribution < -0.4 is 5.32 Å². The molecule has 6 heteroatoms. The fourth-order valence-electron chi connectivity index (χ4n) is 4.61. The minimum atomic E-state index is -0.0830. The number of nitrogens with one attached hydrogen (secondary N) is 1. The third-order valence-electron chi connectivity index (χ3n) is 5.89. The number of carbonyl (C=O) groups excluding carboxylic acids is 1. The Hall–Kier alpha value is -2.10. The van der Waals surface area contributed by atoms with Crippen LogP contribution in [0.1, 0.15) is 71.1 Å². The predicted octanol–water partition coefficient (Wildman–Crippen LogP) is 5.88. The van der Waals surface area contributed by atoms with E-state index < -0.39 is 0 Å². The van der Waals surface area contributed by atoms with Crippen LogP contribution in [0.15, 0.2) is 17.5 Å². The van der Waals surface area contributed by atoms with Gasteiger partial charge in [-0.15, -0.1) is 22.7 Å². The smallest absolute Gasteiger partial charge is 0.272 e. The summed E-state index contributed by atoms with van der Waals surface area (Å²) in [5.74, 6) is -0.0830. The molecular weight excluding hydrogens is 374 g/mol. The molecule has 1 saturated carbocycles. The standard InChI is InChI=1S/C21H21N3OS2/c22-12-15-14-7-3-4-8-18(14)27-21(15)23-20(25)17-11-19-16(9-10-26-19)24(17)13-5-1-2-6-13/h9-11,13H,1-8H2,(H,23,25). The molecule has 1 N–H and O–H groups in total. The number of aryl methyl sites for hydroxylation is 1. The van der Waals surface area contributed by atoms with Crippen molar-refractivity contribution in [1.29, 1.82) is 5.26 Å². The third-order valence-corrected chi connectivity index (χ3v) is 7.95. The summed E-state index contributed by atoms with van der Waals surface area (Å²) in [6.07, 6.45) is 9.02. The average Bonchev–Trinajstić information content (AvgIpc) is 3.43. The first-order valence-electron chi connectivity index (χ1n) is 9.70. The number of hydrogen-bond acceptors (Lipinski definition) is 4. The maximum atomic E-state index is 13.2. The number of nitrogens with zero attached hydrogens (tertiary/aromatic N) is 2. The van der Waals surface area contributed by atoms with Crippen LogP contribution in [0.2, 0.25) is 0 Å². The summed E-state index contributed by atoms with van der Waals surface area (Å²) >= 11 is 3.28. The van der Waals surface area contributed by atoms with E-state index >= 15 is 0 Å². The Morgan fingerprint density at radius 3 is 2.85 bits per heavy atom. The zero-order valence-electron chi connectivity index (χ0n) is 15.1. The molecule has 0 aromatic carbocycles. The van der Waals surface area contributed by atoms with Crippen LogP contribution in [0, 0.1) is 11.3 Å². The molecule has 0 aliphatic heterocycles. The molecule has 4 nitrogen and oxygen atoms in total. The van der Waals surface area contributed by atoms with Crippen molar-refractivity contribution in [1.82, 2.24) is 4.57 Å². The topological polar surface area (TPSA) is 57.8 Å². The van der Waals surface area contributed by atoms with E-state index in [1.54, 1.807) is 22.7 Å². The van der Waals surface area contributed by atoms with Gasteiger partial charge in [0.1, 0.15) is 16.8 Å². The Morgan fingerprint density at radius 1 is 1.22 bits per heavy atom. The SMILES string of the molecule is N#Cc1c(NC(=O)c2cc3sccc3n2C2CCCC2)sc2c1CCCC2. The predicted molar refractivity (Wildman–Crippen MR) is 111 cm³/mol. The second-order valence-corrected chi connectivity index (χ2v) is 9.54. The van der Waals surface area contributed by atoms with E-state index in [1.165, 1.54) is 29.7 Å². The molecule has 0 atom stereocenters. The molecular formula is C21H21N3OS2. The van der Waals surface area contributed by atoms with Crippen LogP contribution in [-0.4, -0.2) is 10.5 Å². The molecule has 27 heavy (non-hydrogen) atoms. The molecule has 3 aromatic rings. The summed E-state index contributed by atoms with van der Waals surface area (Å²) in [7, 11) is 0. The van der Waals surface area contributed by atoms with E-state index in [2.05, 4.69) is 27.4 Å². The third kappa shape index (κ3) is 2.81. The van der Waals surface area contributed by atoms with E-state index in [-0.39, 0.29) is 5.91 Å². The van der Waals surface area contributed by atoms with E-state index in [9.17, 15) is 10.1 Å². The number of hydrogen-bond donors (Lipinski definition) is 1. The summed E-state index contributed by atoms with van der Waals surface area (Å²) in [6, 6.07) is 6.90. The monoisotopic (exact) mass is 395 g/mol. The van der Waals surface area contributed by atoms with Crippen molar-refractivity contribution in [2.24, 2.45) is 0 Å². The summed E-state index contributed by atoms with van der Waals surface area (Å²) in [6.45, 7) is 0. The van der Waals surface area contributed by atoms with E-state index in [4.69, 9.17) is 0 Å². The largest absolute Gasteiger partial charge is 0.333 e. The van der Waals surface area contributed by atoms with Crippen molar-refractivity contribution in [3.8, 4) is 6.07 Å². The van der Waals surface area contributed by atoms with Crippen molar-refractivity contribution in [3.05, 3.63) is 39.2 Å². The number of fused-ring (bicyclic) bond motifs is 2. The minimum Gasteiger partial charge on any atom is -0.333 e. The number of amides is 1. The molecule has 1 fully saturated rings. The van der Waals surface area contributed by atoms with Gasteiger partial charge in [0.15, 0.2) is 0 Å². The van der Waals surface area contributed by atoms with Gasteiger partial charge >= 0.3 is 0 Å². The molecule has 0 radical (unpaired) electrons. The first kappa shape index (κ1) is 17.0. The lowest BCUT2D eigenvalue weighted by Crippen LogP contribution is -2.19. The minimum absolute atomic E-state index is 0.0830. The quantitative estimate of drug-likeness (QED) is 0.602. The molecule has 1 amide bonds. The summed E-state index contributed by atoms with van der Waals surface area (Å²) in [5.41, 5.74) is 3.75. The van der Waals surface area contributed by atoms with Gasteiger partial charge in [0.2, 0.25) is 0 Å². The van der Waals surface area contributed by atoms with Gasteiger partial charge < -0.3 is 9.88 Å². The Labute approximate surface area is 166 Å². The molecule has 2 aliphatic rings. The van der Waals surface area contributed by atoms with E-state index in [0.717, 1.165) is 53.1 Å². The highest BCUT2D eigenvalue weighted by Gasteiger charge is 2.27. The maximum absolute atomic E-state index is 13.2. The Bertz CT molecular complexity index is 1060. The van der Waals surface area contributed by atoms with Crippen molar-refractivity contribution in [3.63, 3.8) is 0 Å².